The number of hydrogen-bond acceptors (Lipinski definition) is 3. The Morgan fingerprint density at radius 2 is 1.49 bits per heavy atom. The average Bonchev–Trinajstić information content (AvgIpc) is 2.96. The van der Waals surface area contributed by atoms with E-state index >= 15 is 0 Å². The van der Waals surface area contributed by atoms with Crippen molar-refractivity contribution in [3.63, 3.8) is 0 Å². The van der Waals surface area contributed by atoms with Crippen LogP contribution in [0.2, 0.25) is 0 Å². The van der Waals surface area contributed by atoms with Gasteiger partial charge in [-0.05, 0) is 81.4 Å². The third-order valence-electron chi connectivity index (χ3n) is 5.81. The summed E-state index contributed by atoms with van der Waals surface area (Å²) < 4.78 is 4.97. The summed E-state index contributed by atoms with van der Waals surface area (Å²) in [6.45, 7) is 22.2. The summed E-state index contributed by atoms with van der Waals surface area (Å²) in [6.07, 6.45) is 12.7. The van der Waals surface area contributed by atoms with Gasteiger partial charge in [-0.2, -0.15) is 0 Å². The van der Waals surface area contributed by atoms with Gasteiger partial charge in [0, 0.05) is 11.9 Å². The molecule has 0 aliphatic heterocycles. The van der Waals surface area contributed by atoms with Crippen LogP contribution in [0.4, 0.5) is 0 Å². The first kappa shape index (κ1) is 39.5. The molecule has 0 heterocycles. The normalized spacial score (nSPS) is 12.1. The second-order valence-electron chi connectivity index (χ2n) is 9.64. The van der Waals surface area contributed by atoms with Gasteiger partial charge in [0.05, 0.1) is 12.7 Å². The second-order valence-corrected chi connectivity index (χ2v) is 9.64. The first-order chi connectivity index (χ1) is 19.5. The molecule has 226 valence electrons. The van der Waals surface area contributed by atoms with Crippen molar-refractivity contribution in [2.75, 3.05) is 7.11 Å². The van der Waals surface area contributed by atoms with E-state index in [1.807, 2.05) is 44.2 Å². The predicted octanol–water partition coefficient (Wildman–Crippen LogP) is 10.5. The number of aliphatic carboxylic acids is 1. The molecule has 2 rings (SSSR count). The lowest BCUT2D eigenvalue weighted by atomic mass is 9.92. The van der Waals surface area contributed by atoms with Gasteiger partial charge in [-0.25, -0.2) is 4.79 Å². The maximum Gasteiger partial charge on any atom is 0.335 e. The van der Waals surface area contributed by atoms with E-state index in [4.69, 9.17) is 4.74 Å². The van der Waals surface area contributed by atoms with Gasteiger partial charge >= 0.3 is 5.97 Å². The fourth-order valence-electron chi connectivity index (χ4n) is 3.14. The summed E-state index contributed by atoms with van der Waals surface area (Å²) in [5.74, 6) is 0.213. The van der Waals surface area contributed by atoms with E-state index in [2.05, 4.69) is 84.3 Å². The standard InChI is InChI=1S/C17H25NO2.C9H12.C8H10O.C3H8/c1-6-9-11-18-14(5)16(13(4)8-3)12-15(10-7-2)17(19)20;1-3-9-6-4-8(2)5-7-9;1-7-3-5-8(9-2)6-4-7;1-3-2/h7,9-13H,2,6,8H2,1,3-5H3,(H,19,20);4-7H,3H2,1-2H3;3-6H,1-2H3;3H2,1-2H3/b11-9-,15-10+,16-12+,18-14-;;;. The molecule has 1 unspecified atom stereocenters. The molecule has 0 bridgehead atoms. The Labute approximate surface area is 251 Å². The molecular weight excluding hydrogens is 506 g/mol. The molecule has 0 spiro atoms. The zero-order valence-corrected chi connectivity index (χ0v) is 27.3. The molecule has 41 heavy (non-hydrogen) atoms. The van der Waals surface area contributed by atoms with Crippen LogP contribution in [0.25, 0.3) is 0 Å². The highest BCUT2D eigenvalue weighted by molar-refractivity contribution is 6.01. The van der Waals surface area contributed by atoms with Crippen LogP contribution in [0.1, 0.15) is 84.4 Å². The van der Waals surface area contributed by atoms with Crippen molar-refractivity contribution in [3.05, 3.63) is 113 Å². The van der Waals surface area contributed by atoms with E-state index < -0.39 is 5.97 Å². The van der Waals surface area contributed by atoms with Crippen LogP contribution in [-0.4, -0.2) is 23.9 Å². The highest BCUT2D eigenvalue weighted by atomic mass is 16.5. The van der Waals surface area contributed by atoms with Crippen LogP contribution in [0.15, 0.2) is 102 Å². The minimum Gasteiger partial charge on any atom is -0.497 e. The molecule has 0 aromatic heterocycles. The molecule has 0 amide bonds. The number of carboxylic acids is 1. The largest absolute Gasteiger partial charge is 0.497 e. The molecule has 0 aliphatic carbocycles. The SMILES string of the molecule is C=C\C=C(/C=C(/C(C)=N\C=C/CC)C(C)CC)C(=O)O.CCC.CCc1ccc(C)cc1.COc1ccc(C)cc1. The Kier molecular flexibility index (Phi) is 24.4. The minimum absolute atomic E-state index is 0.226. The van der Waals surface area contributed by atoms with E-state index in [0.717, 1.165) is 36.3 Å². The molecule has 4 heteroatoms. The molecule has 0 saturated carbocycles. The van der Waals surface area contributed by atoms with E-state index in [0.29, 0.717) is 0 Å². The molecule has 0 aliphatic rings. The monoisotopic (exact) mass is 561 g/mol. The van der Waals surface area contributed by atoms with Crippen LogP contribution in [0.3, 0.4) is 0 Å². The van der Waals surface area contributed by atoms with Gasteiger partial charge in [0.1, 0.15) is 5.75 Å². The molecule has 4 nitrogen and oxygen atoms in total. The molecule has 0 fully saturated rings. The van der Waals surface area contributed by atoms with Gasteiger partial charge in [-0.1, -0.05) is 114 Å². The van der Waals surface area contributed by atoms with Crippen molar-refractivity contribution in [1.82, 2.24) is 0 Å². The van der Waals surface area contributed by atoms with E-state index in [1.54, 1.807) is 19.4 Å². The fourth-order valence-corrected chi connectivity index (χ4v) is 3.14. The molecule has 2 aromatic rings. The van der Waals surface area contributed by atoms with Gasteiger partial charge in [0.15, 0.2) is 0 Å². The lowest BCUT2D eigenvalue weighted by molar-refractivity contribution is -0.132. The van der Waals surface area contributed by atoms with E-state index in [1.165, 1.54) is 35.3 Å². The summed E-state index contributed by atoms with van der Waals surface area (Å²) >= 11 is 0. The summed E-state index contributed by atoms with van der Waals surface area (Å²) in [4.78, 5) is 15.6. The quantitative estimate of drug-likeness (QED) is 0.178. The van der Waals surface area contributed by atoms with Crippen LogP contribution < -0.4 is 4.74 Å². The number of hydrogen-bond donors (Lipinski definition) is 1. The van der Waals surface area contributed by atoms with Gasteiger partial charge in [0.25, 0.3) is 0 Å². The zero-order valence-electron chi connectivity index (χ0n) is 27.3. The Balaban J connectivity index is 0. The van der Waals surface area contributed by atoms with E-state index in [-0.39, 0.29) is 11.5 Å². The molecule has 1 N–H and O–H groups in total. The van der Waals surface area contributed by atoms with Gasteiger partial charge in [0.2, 0.25) is 0 Å². The third kappa shape index (κ3) is 20.0. The number of benzene rings is 2. The van der Waals surface area contributed by atoms with Gasteiger partial charge < -0.3 is 9.84 Å². The maximum absolute atomic E-state index is 11.2. The zero-order chi connectivity index (χ0) is 31.6. The lowest BCUT2D eigenvalue weighted by Gasteiger charge is -2.14. The Hall–Kier alpha value is -3.66. The molecule has 0 saturated heterocycles. The van der Waals surface area contributed by atoms with Crippen molar-refractivity contribution >= 4 is 11.7 Å². The maximum atomic E-state index is 11.2. The molecule has 0 radical (unpaired) electrons. The number of carbonyl (C=O) groups is 1. The van der Waals surface area contributed by atoms with Crippen molar-refractivity contribution in [3.8, 4) is 5.75 Å². The first-order valence-corrected chi connectivity index (χ1v) is 14.7. The molecule has 2 aromatic carbocycles. The number of aryl methyl sites for hydroxylation is 3. The number of rotatable bonds is 10. The highest BCUT2D eigenvalue weighted by Crippen LogP contribution is 2.19. The highest BCUT2D eigenvalue weighted by Gasteiger charge is 2.13. The number of allylic oxidation sites excluding steroid dienone is 4. The number of carboxylic acid groups (broad SMARTS) is 1. The van der Waals surface area contributed by atoms with Gasteiger partial charge in [-0.3, -0.25) is 4.99 Å². The Morgan fingerprint density at radius 3 is 1.88 bits per heavy atom. The third-order valence-corrected chi connectivity index (χ3v) is 5.81. The molecule has 1 atom stereocenters. The summed E-state index contributed by atoms with van der Waals surface area (Å²) in [6, 6.07) is 16.6. The summed E-state index contributed by atoms with van der Waals surface area (Å²) in [7, 11) is 1.67. The van der Waals surface area contributed by atoms with Crippen LogP contribution >= 0.6 is 0 Å². The van der Waals surface area contributed by atoms with Gasteiger partial charge in [-0.15, -0.1) is 0 Å². The number of aliphatic imine (C=N–C) groups is 1. The van der Waals surface area contributed by atoms with E-state index in [9.17, 15) is 9.90 Å². The van der Waals surface area contributed by atoms with Crippen LogP contribution in [0, 0.1) is 19.8 Å². The smallest absolute Gasteiger partial charge is 0.335 e. The van der Waals surface area contributed by atoms with Crippen molar-refractivity contribution in [2.24, 2.45) is 10.9 Å². The fraction of sp³-hybridized carbons (Fsp3) is 0.405. The lowest BCUT2D eigenvalue weighted by Crippen LogP contribution is -2.09. The second kappa shape index (κ2) is 25.3. The predicted molar refractivity (Wildman–Crippen MR) is 180 cm³/mol. The number of ether oxygens (including phenoxy) is 1. The number of nitrogens with zero attached hydrogens (tertiary/aromatic N) is 1. The van der Waals surface area contributed by atoms with Crippen molar-refractivity contribution < 1.29 is 14.6 Å². The average molecular weight is 562 g/mol. The minimum atomic E-state index is -0.956. The molecular formula is C37H55NO3. The Morgan fingerprint density at radius 1 is 0.976 bits per heavy atom. The first-order valence-electron chi connectivity index (χ1n) is 14.7. The van der Waals surface area contributed by atoms with Crippen LogP contribution in [-0.2, 0) is 11.2 Å². The topological polar surface area (TPSA) is 58.9 Å². The number of methoxy groups -OCH3 is 1. The van der Waals surface area contributed by atoms with Crippen molar-refractivity contribution in [2.45, 2.75) is 88.0 Å². The van der Waals surface area contributed by atoms with Crippen molar-refractivity contribution in [1.29, 1.82) is 0 Å². The Bertz CT molecular complexity index is 1040. The van der Waals surface area contributed by atoms with Crippen LogP contribution in [0.5, 0.6) is 5.75 Å². The summed E-state index contributed by atoms with van der Waals surface area (Å²) in [5, 5.41) is 9.19. The summed E-state index contributed by atoms with van der Waals surface area (Å²) in [5.41, 5.74) is 6.04.